The third-order valence-corrected chi connectivity index (χ3v) is 2.67. The van der Waals surface area contributed by atoms with Crippen LogP contribution in [0.1, 0.15) is 35.6 Å². The average Bonchev–Trinajstić information content (AvgIpc) is 2.59. The number of carbonyl (C=O) groups is 1. The molecule has 108 valence electrons. The Hall–Kier alpha value is -1.73. The van der Waals surface area contributed by atoms with Crippen molar-refractivity contribution >= 4 is 11.8 Å². The fraction of sp³-hybridized carbons (Fsp3) is 0.636. The fourth-order valence-electron chi connectivity index (χ4n) is 1.71. The first-order chi connectivity index (χ1) is 8.76. The minimum atomic E-state index is -4.15. The maximum Gasteiger partial charge on any atom is 0.389 e. The van der Waals surface area contributed by atoms with Gasteiger partial charge in [0.25, 0.3) is 0 Å². The van der Waals surface area contributed by atoms with Crippen LogP contribution in [0.15, 0.2) is 0 Å². The van der Waals surface area contributed by atoms with E-state index in [1.54, 1.807) is 6.92 Å². The van der Waals surface area contributed by atoms with Crippen molar-refractivity contribution in [2.24, 2.45) is 0 Å². The molecular weight excluding hydrogens is 263 g/mol. The minimum Gasteiger partial charge on any atom is -0.464 e. The summed E-state index contributed by atoms with van der Waals surface area (Å²) in [6.07, 6.45) is -4.66. The van der Waals surface area contributed by atoms with E-state index < -0.39 is 18.6 Å². The maximum absolute atomic E-state index is 12.0. The van der Waals surface area contributed by atoms with Gasteiger partial charge >= 0.3 is 12.1 Å². The van der Waals surface area contributed by atoms with Crippen LogP contribution >= 0.6 is 0 Å². The van der Waals surface area contributed by atoms with E-state index in [0.717, 1.165) is 0 Å². The summed E-state index contributed by atoms with van der Waals surface area (Å²) in [7, 11) is 1.21. The Morgan fingerprint density at radius 3 is 2.58 bits per heavy atom. The lowest BCUT2D eigenvalue weighted by molar-refractivity contribution is -0.135. The Balaban J connectivity index is 2.64. The highest BCUT2D eigenvalue weighted by molar-refractivity contribution is 5.92. The lowest BCUT2D eigenvalue weighted by Crippen LogP contribution is -2.10. The number of unbranched alkanes of at least 4 members (excludes halogenated alkanes) is 1. The quantitative estimate of drug-likeness (QED) is 0.663. The molecule has 0 saturated heterocycles. The standard InChI is InChI=1S/C11H16F3N3O2/c1-7-16-8(10(18)19-2)9(15)17(7)6-4-3-5-11(12,13)14/h3-6,15H2,1-2H3. The predicted molar refractivity (Wildman–Crippen MR) is 62.6 cm³/mol. The van der Waals surface area contributed by atoms with Gasteiger partial charge in [-0.05, 0) is 19.8 Å². The van der Waals surface area contributed by atoms with Crippen molar-refractivity contribution in [1.82, 2.24) is 9.55 Å². The van der Waals surface area contributed by atoms with Gasteiger partial charge in [0.15, 0.2) is 5.69 Å². The van der Waals surface area contributed by atoms with Gasteiger partial charge in [0.1, 0.15) is 11.6 Å². The number of anilines is 1. The van der Waals surface area contributed by atoms with Crippen LogP contribution < -0.4 is 5.73 Å². The molecule has 0 bridgehead atoms. The molecule has 0 aliphatic heterocycles. The minimum absolute atomic E-state index is 0.00387. The van der Waals surface area contributed by atoms with Gasteiger partial charge in [-0.2, -0.15) is 13.2 Å². The fourth-order valence-corrected chi connectivity index (χ4v) is 1.71. The third kappa shape index (κ3) is 4.15. The molecule has 0 fully saturated rings. The van der Waals surface area contributed by atoms with Crippen molar-refractivity contribution in [1.29, 1.82) is 0 Å². The monoisotopic (exact) mass is 279 g/mol. The summed E-state index contributed by atoms with van der Waals surface area (Å²) >= 11 is 0. The molecule has 8 heteroatoms. The molecule has 0 spiro atoms. The summed E-state index contributed by atoms with van der Waals surface area (Å²) in [5, 5.41) is 0. The highest BCUT2D eigenvalue weighted by Gasteiger charge is 2.26. The second-order valence-corrected chi connectivity index (χ2v) is 4.11. The van der Waals surface area contributed by atoms with Gasteiger partial charge in [-0.1, -0.05) is 0 Å². The number of esters is 1. The number of aromatic nitrogens is 2. The van der Waals surface area contributed by atoms with Crippen molar-refractivity contribution in [2.45, 2.75) is 38.9 Å². The van der Waals surface area contributed by atoms with Crippen molar-refractivity contribution in [3.8, 4) is 0 Å². The maximum atomic E-state index is 12.0. The van der Waals surface area contributed by atoms with Crippen LogP contribution in [-0.2, 0) is 11.3 Å². The molecule has 0 aliphatic carbocycles. The van der Waals surface area contributed by atoms with Crippen molar-refractivity contribution in [3.05, 3.63) is 11.5 Å². The van der Waals surface area contributed by atoms with Crippen molar-refractivity contribution in [3.63, 3.8) is 0 Å². The summed E-state index contributed by atoms with van der Waals surface area (Å²) < 4.78 is 42.0. The van der Waals surface area contributed by atoms with Gasteiger partial charge in [0.2, 0.25) is 0 Å². The molecule has 1 aromatic rings. The van der Waals surface area contributed by atoms with E-state index in [9.17, 15) is 18.0 Å². The van der Waals surface area contributed by atoms with Gasteiger partial charge in [0.05, 0.1) is 7.11 Å². The van der Waals surface area contributed by atoms with Crippen LogP contribution in [0.25, 0.3) is 0 Å². The average molecular weight is 279 g/mol. The van der Waals surface area contributed by atoms with Gasteiger partial charge < -0.3 is 15.0 Å². The van der Waals surface area contributed by atoms with E-state index in [0.29, 0.717) is 12.2 Å². The number of hydrogen-bond acceptors (Lipinski definition) is 4. The molecule has 0 unspecified atom stereocenters. The van der Waals surface area contributed by atoms with Crippen molar-refractivity contribution in [2.75, 3.05) is 12.8 Å². The molecule has 1 heterocycles. The number of rotatable bonds is 5. The SMILES string of the molecule is COC(=O)c1nc(C)n(CCCCC(F)(F)F)c1N. The molecule has 0 saturated carbocycles. The van der Waals surface area contributed by atoms with E-state index in [1.807, 2.05) is 0 Å². The summed E-state index contributed by atoms with van der Waals surface area (Å²) in [6.45, 7) is 1.92. The molecule has 0 atom stereocenters. The Kier molecular flexibility index (Phi) is 4.79. The third-order valence-electron chi connectivity index (χ3n) is 2.67. The zero-order valence-corrected chi connectivity index (χ0v) is 10.8. The Bertz CT molecular complexity index is 455. The molecule has 0 radical (unpaired) electrons. The highest BCUT2D eigenvalue weighted by Crippen LogP contribution is 2.23. The van der Waals surface area contributed by atoms with E-state index >= 15 is 0 Å². The molecule has 19 heavy (non-hydrogen) atoms. The number of halogens is 3. The molecule has 1 rings (SSSR count). The first-order valence-electron chi connectivity index (χ1n) is 5.74. The number of aryl methyl sites for hydroxylation is 1. The van der Waals surface area contributed by atoms with Gasteiger partial charge in [-0.3, -0.25) is 0 Å². The van der Waals surface area contributed by atoms with E-state index in [2.05, 4.69) is 9.72 Å². The molecule has 0 aromatic carbocycles. The molecule has 2 N–H and O–H groups in total. The number of hydrogen-bond donors (Lipinski definition) is 1. The number of imidazole rings is 1. The van der Waals surface area contributed by atoms with E-state index in [-0.39, 0.29) is 24.5 Å². The number of nitrogens with two attached hydrogens (primary N) is 1. The van der Waals surface area contributed by atoms with Crippen molar-refractivity contribution < 1.29 is 22.7 Å². The molecular formula is C11H16F3N3O2. The highest BCUT2D eigenvalue weighted by atomic mass is 19.4. The second kappa shape index (κ2) is 5.94. The summed E-state index contributed by atoms with van der Waals surface area (Å²) in [4.78, 5) is 15.3. The van der Waals surface area contributed by atoms with Crippen LogP contribution in [0, 0.1) is 6.92 Å². The summed E-state index contributed by atoms with van der Waals surface area (Å²) in [5.74, 6) is -0.0593. The Morgan fingerprint density at radius 1 is 1.42 bits per heavy atom. The number of ether oxygens (including phenoxy) is 1. The molecule has 0 aliphatic rings. The van der Waals surface area contributed by atoms with Crippen LogP contribution in [0.3, 0.4) is 0 Å². The zero-order chi connectivity index (χ0) is 14.6. The van der Waals surface area contributed by atoms with E-state index in [1.165, 1.54) is 11.7 Å². The zero-order valence-electron chi connectivity index (χ0n) is 10.8. The lowest BCUT2D eigenvalue weighted by atomic mass is 10.2. The van der Waals surface area contributed by atoms with Gasteiger partial charge in [-0.25, -0.2) is 9.78 Å². The Morgan fingerprint density at radius 2 is 2.05 bits per heavy atom. The number of nitrogen functional groups attached to an aromatic ring is 1. The normalized spacial score (nSPS) is 11.6. The number of alkyl halides is 3. The van der Waals surface area contributed by atoms with Gasteiger partial charge in [0, 0.05) is 13.0 Å². The number of methoxy groups -OCH3 is 1. The predicted octanol–water partition coefficient (Wildman–Crippen LogP) is 2.29. The molecule has 5 nitrogen and oxygen atoms in total. The number of nitrogens with zero attached hydrogens (tertiary/aromatic N) is 2. The summed E-state index contributed by atoms with van der Waals surface area (Å²) in [6, 6.07) is 0. The van der Waals surface area contributed by atoms with Crippen LogP contribution in [0.4, 0.5) is 19.0 Å². The summed E-state index contributed by atoms with van der Waals surface area (Å²) in [5.41, 5.74) is 5.72. The second-order valence-electron chi connectivity index (χ2n) is 4.11. The largest absolute Gasteiger partial charge is 0.464 e. The topological polar surface area (TPSA) is 70.1 Å². The number of carbonyl (C=O) groups excluding carboxylic acids is 1. The molecule has 0 amide bonds. The smallest absolute Gasteiger partial charge is 0.389 e. The lowest BCUT2D eigenvalue weighted by Gasteiger charge is -2.09. The van der Waals surface area contributed by atoms with Crippen LogP contribution in [0.5, 0.6) is 0 Å². The van der Waals surface area contributed by atoms with Gasteiger partial charge in [-0.15, -0.1) is 0 Å². The van der Waals surface area contributed by atoms with E-state index in [4.69, 9.17) is 5.73 Å². The van der Waals surface area contributed by atoms with Crippen LogP contribution in [-0.4, -0.2) is 28.8 Å². The van der Waals surface area contributed by atoms with Crippen LogP contribution in [0.2, 0.25) is 0 Å². The first kappa shape index (κ1) is 15.3. The first-order valence-corrected chi connectivity index (χ1v) is 5.74. The molecule has 1 aromatic heterocycles. The Labute approximate surface area is 108 Å².